The first kappa shape index (κ1) is 5.79. The van der Waals surface area contributed by atoms with Gasteiger partial charge in [0.05, 0.1) is 6.26 Å². The molecule has 0 saturated carbocycles. The highest BCUT2D eigenvalue weighted by molar-refractivity contribution is 5.85. The molecule has 0 radical (unpaired) electrons. The van der Waals surface area contributed by atoms with Crippen LogP contribution < -0.4 is 5.73 Å². The molecule has 1 aliphatic heterocycles. The Morgan fingerprint density at radius 2 is 2.00 bits per heavy atom. The summed E-state index contributed by atoms with van der Waals surface area (Å²) in [5.41, 5.74) is 5.07. The zero-order valence-corrected chi connectivity index (χ0v) is 3.94. The lowest BCUT2D eigenvalue weighted by Crippen LogP contribution is -2.24. The topological polar surface area (TPSA) is 35.2 Å². The zero-order chi connectivity index (χ0) is 3.70. The van der Waals surface area contributed by atoms with Crippen molar-refractivity contribution in [3.05, 3.63) is 12.3 Å². The third kappa shape index (κ3) is 0.880. The molecule has 2 nitrogen and oxygen atoms in total. The highest BCUT2D eigenvalue weighted by atomic mass is 35.5. The molecule has 0 aromatic rings. The van der Waals surface area contributed by atoms with Crippen LogP contribution in [0.2, 0.25) is 0 Å². The van der Waals surface area contributed by atoms with Crippen molar-refractivity contribution in [1.82, 2.24) is 0 Å². The van der Waals surface area contributed by atoms with Gasteiger partial charge in [-0.15, -0.1) is 12.4 Å². The van der Waals surface area contributed by atoms with E-state index >= 15 is 0 Å². The quantitative estimate of drug-likeness (QED) is 0.481. The van der Waals surface area contributed by atoms with E-state index in [1.54, 1.807) is 12.3 Å². The largest absolute Gasteiger partial charge is 0.480 e. The Morgan fingerprint density at radius 1 is 1.67 bits per heavy atom. The van der Waals surface area contributed by atoms with Gasteiger partial charge in [0.15, 0.2) is 6.23 Å². The minimum absolute atomic E-state index is 0. The maximum atomic E-state index is 5.07. The maximum Gasteiger partial charge on any atom is 0.169 e. The summed E-state index contributed by atoms with van der Waals surface area (Å²) < 4.78 is 4.53. The first-order valence-corrected chi connectivity index (χ1v) is 1.47. The molecule has 1 atom stereocenters. The fourth-order valence-electron chi connectivity index (χ4n) is 0.169. The predicted molar refractivity (Wildman–Crippen MR) is 25.4 cm³/mol. The molecule has 2 N–H and O–H groups in total. The van der Waals surface area contributed by atoms with Crippen LogP contribution in [0.3, 0.4) is 0 Å². The second kappa shape index (κ2) is 2.05. The molecule has 36 valence electrons. The number of rotatable bonds is 0. The van der Waals surface area contributed by atoms with Crippen molar-refractivity contribution in [1.29, 1.82) is 0 Å². The van der Waals surface area contributed by atoms with Crippen molar-refractivity contribution in [2.45, 2.75) is 6.23 Å². The lowest BCUT2D eigenvalue weighted by Gasteiger charge is -2.12. The summed E-state index contributed by atoms with van der Waals surface area (Å²) in [6.07, 6.45) is 3.24. The Bertz CT molecular complexity index is 63.8. The second-order valence-corrected chi connectivity index (χ2v) is 0.929. The minimum atomic E-state index is -0.116. The monoisotopic (exact) mass is 107 g/mol. The van der Waals surface area contributed by atoms with Gasteiger partial charge in [0.25, 0.3) is 0 Å². The Kier molecular flexibility index (Phi) is 1.98. The summed E-state index contributed by atoms with van der Waals surface area (Å²) >= 11 is 0. The number of nitrogens with two attached hydrogens (primary N) is 1. The van der Waals surface area contributed by atoms with Crippen LogP contribution in [0.5, 0.6) is 0 Å². The molecular weight excluding hydrogens is 101 g/mol. The number of ether oxygens (including phenoxy) is 1. The highest BCUT2D eigenvalue weighted by Gasteiger charge is 1.99. The van der Waals surface area contributed by atoms with E-state index in [1.807, 2.05) is 0 Å². The van der Waals surface area contributed by atoms with Crippen molar-refractivity contribution in [2.24, 2.45) is 5.73 Å². The van der Waals surface area contributed by atoms with Crippen LogP contribution in [0.15, 0.2) is 12.3 Å². The standard InChI is InChI=1S/C3H5NO.ClH/c4-3-1-2-5-3;/h1-3H,4H2;1H. The molecule has 3 heteroatoms. The van der Waals surface area contributed by atoms with Crippen LogP contribution in [0.1, 0.15) is 0 Å². The molecule has 0 aliphatic carbocycles. The fourth-order valence-corrected chi connectivity index (χ4v) is 0.169. The van der Waals surface area contributed by atoms with E-state index in [1.165, 1.54) is 0 Å². The van der Waals surface area contributed by atoms with Gasteiger partial charge in [-0.2, -0.15) is 0 Å². The first-order valence-electron chi connectivity index (χ1n) is 1.47. The van der Waals surface area contributed by atoms with Gasteiger partial charge in [-0.3, -0.25) is 5.73 Å². The van der Waals surface area contributed by atoms with Crippen molar-refractivity contribution in [2.75, 3.05) is 0 Å². The van der Waals surface area contributed by atoms with Crippen molar-refractivity contribution >= 4 is 12.4 Å². The zero-order valence-electron chi connectivity index (χ0n) is 3.13. The van der Waals surface area contributed by atoms with Gasteiger partial charge >= 0.3 is 0 Å². The molecule has 0 fully saturated rings. The van der Waals surface area contributed by atoms with Crippen LogP contribution in [0.4, 0.5) is 0 Å². The Morgan fingerprint density at radius 3 is 2.00 bits per heavy atom. The third-order valence-corrected chi connectivity index (χ3v) is 0.504. The summed E-state index contributed by atoms with van der Waals surface area (Å²) in [5.74, 6) is 0. The summed E-state index contributed by atoms with van der Waals surface area (Å²) in [5, 5.41) is 0. The van der Waals surface area contributed by atoms with E-state index in [-0.39, 0.29) is 18.6 Å². The molecule has 0 aromatic heterocycles. The predicted octanol–water partition coefficient (Wildman–Crippen LogP) is 0.237. The minimum Gasteiger partial charge on any atom is -0.480 e. The lowest BCUT2D eigenvalue weighted by molar-refractivity contribution is 0.146. The molecule has 0 saturated heterocycles. The molecule has 6 heavy (non-hydrogen) atoms. The van der Waals surface area contributed by atoms with Gasteiger partial charge in [-0.05, 0) is 0 Å². The third-order valence-electron chi connectivity index (χ3n) is 0.504. The van der Waals surface area contributed by atoms with E-state index in [0.717, 1.165) is 0 Å². The van der Waals surface area contributed by atoms with E-state index in [4.69, 9.17) is 5.73 Å². The Hall–Kier alpha value is -0.210. The van der Waals surface area contributed by atoms with E-state index in [0.29, 0.717) is 0 Å². The van der Waals surface area contributed by atoms with Crippen LogP contribution in [-0.2, 0) is 4.74 Å². The molecule has 1 heterocycles. The molecule has 0 amide bonds. The van der Waals surface area contributed by atoms with Gasteiger partial charge in [0.1, 0.15) is 0 Å². The maximum absolute atomic E-state index is 5.07. The summed E-state index contributed by atoms with van der Waals surface area (Å²) in [6, 6.07) is 0. The second-order valence-electron chi connectivity index (χ2n) is 0.929. The Balaban J connectivity index is 0.000000250. The normalized spacial score (nSPS) is 26.5. The smallest absolute Gasteiger partial charge is 0.169 e. The van der Waals surface area contributed by atoms with Gasteiger partial charge in [-0.1, -0.05) is 0 Å². The van der Waals surface area contributed by atoms with Crippen LogP contribution in [0.25, 0.3) is 0 Å². The van der Waals surface area contributed by atoms with Gasteiger partial charge in [0, 0.05) is 6.08 Å². The van der Waals surface area contributed by atoms with E-state index in [2.05, 4.69) is 4.74 Å². The number of hydrogen-bond donors (Lipinski definition) is 1. The van der Waals surface area contributed by atoms with Gasteiger partial charge < -0.3 is 4.74 Å². The van der Waals surface area contributed by atoms with Gasteiger partial charge in [0.2, 0.25) is 0 Å². The summed E-state index contributed by atoms with van der Waals surface area (Å²) in [6.45, 7) is 0. The van der Waals surface area contributed by atoms with E-state index < -0.39 is 0 Å². The SMILES string of the molecule is Cl.NC1C=CO1. The number of halogens is 1. The number of hydrogen-bond acceptors (Lipinski definition) is 2. The fraction of sp³-hybridized carbons (Fsp3) is 0.333. The van der Waals surface area contributed by atoms with Crippen LogP contribution in [0, 0.1) is 0 Å². The summed E-state index contributed by atoms with van der Waals surface area (Å²) in [4.78, 5) is 0. The van der Waals surface area contributed by atoms with Crippen molar-refractivity contribution < 1.29 is 4.74 Å². The highest BCUT2D eigenvalue weighted by Crippen LogP contribution is 1.95. The molecule has 0 bridgehead atoms. The Labute approximate surface area is 42.4 Å². The lowest BCUT2D eigenvalue weighted by atomic mass is 10.5. The summed E-state index contributed by atoms with van der Waals surface area (Å²) in [7, 11) is 0. The average Bonchev–Trinajstić information content (AvgIpc) is 1.30. The molecule has 0 spiro atoms. The van der Waals surface area contributed by atoms with Crippen molar-refractivity contribution in [3.63, 3.8) is 0 Å². The van der Waals surface area contributed by atoms with Gasteiger partial charge in [-0.25, -0.2) is 0 Å². The van der Waals surface area contributed by atoms with Crippen LogP contribution in [-0.4, -0.2) is 6.23 Å². The molecule has 1 aliphatic rings. The van der Waals surface area contributed by atoms with Crippen LogP contribution >= 0.6 is 12.4 Å². The molecule has 1 unspecified atom stereocenters. The molecule has 1 rings (SSSR count). The van der Waals surface area contributed by atoms with Crippen molar-refractivity contribution in [3.8, 4) is 0 Å². The molecular formula is C3H6ClNO. The first-order chi connectivity index (χ1) is 2.39. The molecule has 0 aromatic carbocycles. The average molecular weight is 108 g/mol. The van der Waals surface area contributed by atoms with E-state index in [9.17, 15) is 0 Å².